The quantitative estimate of drug-likeness (QED) is 0.248. The molecule has 8 heteroatoms. The van der Waals surface area contributed by atoms with E-state index in [9.17, 15) is 29.7 Å². The zero-order valence-electron chi connectivity index (χ0n) is 28.8. The van der Waals surface area contributed by atoms with Crippen molar-refractivity contribution in [1.82, 2.24) is 0 Å². The summed E-state index contributed by atoms with van der Waals surface area (Å²) in [6, 6.07) is 7.05. The number of ether oxygens (including phenoxy) is 1. The molecule has 5 aliphatic rings. The number of nitrogens with one attached hydrogen (secondary N) is 1. The van der Waals surface area contributed by atoms with Gasteiger partial charge in [-0.05, 0) is 104 Å². The molecule has 0 heterocycles. The van der Waals surface area contributed by atoms with Crippen LogP contribution in [0, 0.1) is 56.2 Å². The molecule has 0 amide bonds. The second-order valence-corrected chi connectivity index (χ2v) is 17.4. The molecule has 5 saturated carbocycles. The first kappa shape index (κ1) is 33.6. The Hall–Kier alpha value is -2.29. The summed E-state index contributed by atoms with van der Waals surface area (Å²) in [5.41, 5.74) is -2.16. The van der Waals surface area contributed by atoms with Crippen LogP contribution in [-0.2, 0) is 14.3 Å². The summed E-state index contributed by atoms with van der Waals surface area (Å²) >= 11 is 0. The van der Waals surface area contributed by atoms with Crippen molar-refractivity contribution in [2.45, 2.75) is 111 Å². The van der Waals surface area contributed by atoms with E-state index in [0.717, 1.165) is 31.2 Å². The maximum absolute atomic E-state index is 14.7. The highest BCUT2D eigenvalue weighted by atomic mass is 16.5. The second-order valence-electron chi connectivity index (χ2n) is 17.4. The Balaban J connectivity index is 1.35. The number of esters is 1. The molecule has 0 bridgehead atoms. The maximum Gasteiger partial charge on any atom is 0.338 e. The van der Waals surface area contributed by atoms with Gasteiger partial charge in [-0.25, -0.2) is 4.79 Å². The molecule has 0 saturated heterocycles. The minimum absolute atomic E-state index is 0.0607. The van der Waals surface area contributed by atoms with E-state index in [1.165, 1.54) is 0 Å². The Morgan fingerprint density at radius 3 is 2.33 bits per heavy atom. The number of anilines is 1. The van der Waals surface area contributed by atoms with Crippen molar-refractivity contribution < 1.29 is 34.4 Å². The van der Waals surface area contributed by atoms with E-state index in [-0.39, 0.29) is 46.9 Å². The molecule has 0 spiro atoms. The van der Waals surface area contributed by atoms with Gasteiger partial charge in [0.1, 0.15) is 18.2 Å². The lowest BCUT2D eigenvalue weighted by Crippen LogP contribution is -2.72. The van der Waals surface area contributed by atoms with Gasteiger partial charge in [-0.15, -0.1) is 0 Å². The Bertz CT molecular complexity index is 1410. The molecule has 5 fully saturated rings. The van der Waals surface area contributed by atoms with E-state index < -0.39 is 45.9 Å². The average molecular weight is 638 g/mol. The molecule has 0 aromatic heterocycles. The number of aliphatic hydroxyl groups excluding tert-OH is 3. The number of Topliss-reactive ketones (excluding diaryl/α,β-unsaturated/α-hetero) is 1. The van der Waals surface area contributed by atoms with Crippen LogP contribution in [0.3, 0.4) is 0 Å². The second kappa shape index (κ2) is 10.9. The number of fused-ring (bicyclic) bond motifs is 7. The topological polar surface area (TPSA) is 133 Å². The Labute approximate surface area is 274 Å². The third-order valence-corrected chi connectivity index (χ3v) is 15.5. The molecule has 0 aliphatic heterocycles. The van der Waals surface area contributed by atoms with Crippen molar-refractivity contribution >= 4 is 23.7 Å². The molecule has 13 atom stereocenters. The summed E-state index contributed by atoms with van der Waals surface area (Å²) < 4.78 is 6.12. The Morgan fingerprint density at radius 2 is 1.67 bits per heavy atom. The molecule has 6 rings (SSSR count). The van der Waals surface area contributed by atoms with E-state index in [2.05, 4.69) is 26.1 Å². The van der Waals surface area contributed by atoms with E-state index in [0.29, 0.717) is 37.7 Å². The van der Waals surface area contributed by atoms with Gasteiger partial charge in [-0.1, -0.05) is 40.7 Å². The summed E-state index contributed by atoms with van der Waals surface area (Å²) in [7, 11) is 1.78. The van der Waals surface area contributed by atoms with Crippen LogP contribution >= 0.6 is 0 Å². The lowest BCUT2D eigenvalue weighted by atomic mass is 9.31. The van der Waals surface area contributed by atoms with Gasteiger partial charge < -0.3 is 30.2 Å². The third kappa shape index (κ3) is 4.37. The molecule has 1 aromatic carbocycles. The number of aldehydes is 1. The molecule has 5 aliphatic carbocycles. The van der Waals surface area contributed by atoms with Crippen LogP contribution in [0.4, 0.5) is 5.69 Å². The van der Waals surface area contributed by atoms with E-state index in [4.69, 9.17) is 4.74 Å². The average Bonchev–Trinajstić information content (AvgIpc) is 3.02. The monoisotopic (exact) mass is 637 g/mol. The molecular weight excluding hydrogens is 582 g/mol. The zero-order chi connectivity index (χ0) is 33.7. The summed E-state index contributed by atoms with van der Waals surface area (Å²) in [6.07, 6.45) is 3.53. The molecule has 4 N–H and O–H groups in total. The van der Waals surface area contributed by atoms with Crippen LogP contribution in [-0.4, -0.2) is 65.3 Å². The third-order valence-electron chi connectivity index (χ3n) is 15.5. The van der Waals surface area contributed by atoms with Gasteiger partial charge in [-0.3, -0.25) is 4.79 Å². The number of carbonyl (C=O) groups excluding carboxylic acids is 3. The van der Waals surface area contributed by atoms with Crippen molar-refractivity contribution in [3.8, 4) is 0 Å². The van der Waals surface area contributed by atoms with Crippen LogP contribution < -0.4 is 5.32 Å². The summed E-state index contributed by atoms with van der Waals surface area (Å²) in [4.78, 5) is 41.0. The Morgan fingerprint density at radius 1 is 0.957 bits per heavy atom. The first-order valence-electron chi connectivity index (χ1n) is 17.4. The zero-order valence-corrected chi connectivity index (χ0v) is 28.8. The Kier molecular flexibility index (Phi) is 7.93. The van der Waals surface area contributed by atoms with E-state index in [1.54, 1.807) is 25.2 Å². The molecular formula is C38H55NO7. The fraction of sp³-hybridized carbons (Fsp3) is 0.763. The van der Waals surface area contributed by atoms with Crippen LogP contribution in [0.2, 0.25) is 0 Å². The number of hydrogen-bond acceptors (Lipinski definition) is 8. The first-order valence-corrected chi connectivity index (χ1v) is 17.4. The van der Waals surface area contributed by atoms with Crippen molar-refractivity contribution in [1.29, 1.82) is 0 Å². The van der Waals surface area contributed by atoms with E-state index in [1.807, 2.05) is 26.8 Å². The molecule has 1 aromatic rings. The highest BCUT2D eigenvalue weighted by Gasteiger charge is 2.74. The van der Waals surface area contributed by atoms with Crippen molar-refractivity contribution in [2.24, 2.45) is 56.2 Å². The molecule has 254 valence electrons. The minimum atomic E-state index is -1.01. The smallest absolute Gasteiger partial charge is 0.338 e. The fourth-order valence-corrected chi connectivity index (χ4v) is 12.2. The lowest BCUT2D eigenvalue weighted by Gasteiger charge is -2.73. The van der Waals surface area contributed by atoms with Crippen LogP contribution in [0.1, 0.15) is 103 Å². The lowest BCUT2D eigenvalue weighted by molar-refractivity contribution is -0.269. The van der Waals surface area contributed by atoms with Crippen LogP contribution in [0.25, 0.3) is 0 Å². The van der Waals surface area contributed by atoms with Gasteiger partial charge in [0.25, 0.3) is 0 Å². The minimum Gasteiger partial charge on any atom is -0.458 e. The predicted molar refractivity (Wildman–Crippen MR) is 175 cm³/mol. The molecule has 8 nitrogen and oxygen atoms in total. The highest BCUT2D eigenvalue weighted by Crippen LogP contribution is 2.76. The number of hydrogen-bond donors (Lipinski definition) is 4. The largest absolute Gasteiger partial charge is 0.458 e. The van der Waals surface area contributed by atoms with Gasteiger partial charge in [-0.2, -0.15) is 0 Å². The number of aliphatic hydroxyl groups is 3. The van der Waals surface area contributed by atoms with Gasteiger partial charge >= 0.3 is 5.97 Å². The van der Waals surface area contributed by atoms with Gasteiger partial charge in [0.15, 0.2) is 0 Å². The van der Waals surface area contributed by atoms with Crippen molar-refractivity contribution in [3.63, 3.8) is 0 Å². The van der Waals surface area contributed by atoms with Crippen LogP contribution in [0.5, 0.6) is 0 Å². The molecule has 13 unspecified atom stereocenters. The van der Waals surface area contributed by atoms with Gasteiger partial charge in [0, 0.05) is 35.9 Å². The predicted octanol–water partition coefficient (Wildman–Crippen LogP) is 5.43. The fourth-order valence-electron chi connectivity index (χ4n) is 12.2. The van der Waals surface area contributed by atoms with Gasteiger partial charge in [0.2, 0.25) is 0 Å². The molecule has 46 heavy (non-hydrogen) atoms. The maximum atomic E-state index is 14.7. The standard InChI is InChI=1S/C38H55NO7/c1-33(20-40)17-24-31-25(42)16-27-34(2)13-12-28(43)36(4,21-41)26(34)11-14-37(27,5)38(31,6)18-29(44)35(24,3)19-30(33)46-32(45)22-9-8-10-23(15-22)39-7/h8-10,15,20,24,26-31,39,41,43-44H,11-14,16-19,21H2,1-7H3. The van der Waals surface area contributed by atoms with Crippen molar-refractivity contribution in [3.05, 3.63) is 29.8 Å². The SMILES string of the molecule is CNc1cccc(C(=O)OC2CC3(C)C(O)CC4(C)C(C(=O)CC5C6(C)CCC(O)C(C)(CO)C6CCC54C)C3CC2(C)C=O)c1. The summed E-state index contributed by atoms with van der Waals surface area (Å²) in [5.74, 6) is -0.718. The first-order chi connectivity index (χ1) is 21.5. The number of rotatable bonds is 5. The van der Waals surface area contributed by atoms with E-state index >= 15 is 0 Å². The summed E-state index contributed by atoms with van der Waals surface area (Å²) in [5, 5.41) is 36.8. The molecule has 0 radical (unpaired) electrons. The van der Waals surface area contributed by atoms with Gasteiger partial charge in [0.05, 0.1) is 29.8 Å². The normalized spacial score (nSPS) is 49.9. The summed E-state index contributed by atoms with van der Waals surface area (Å²) in [6.45, 7) is 12.6. The van der Waals surface area contributed by atoms with Crippen molar-refractivity contribution in [2.75, 3.05) is 19.0 Å². The number of carbonyl (C=O) groups is 3. The van der Waals surface area contributed by atoms with Crippen LogP contribution in [0.15, 0.2) is 24.3 Å². The highest BCUT2D eigenvalue weighted by molar-refractivity contribution is 5.91. The number of benzene rings is 1. The number of ketones is 1.